The summed E-state index contributed by atoms with van der Waals surface area (Å²) in [6, 6.07) is 22.8. The molecule has 0 bridgehead atoms. The Hall–Kier alpha value is -3.99. The van der Waals surface area contributed by atoms with E-state index in [-0.39, 0.29) is 4.90 Å². The first-order valence-corrected chi connectivity index (χ1v) is 13.7. The Balaban J connectivity index is 1.48. The van der Waals surface area contributed by atoms with Gasteiger partial charge in [0.25, 0.3) is 5.91 Å². The first-order valence-electron chi connectivity index (χ1n) is 11.8. The quantitative estimate of drug-likeness (QED) is 0.212. The summed E-state index contributed by atoms with van der Waals surface area (Å²) < 4.78 is 34.4. The maximum atomic E-state index is 12.4. The lowest BCUT2D eigenvalue weighted by molar-refractivity contribution is -0.119. The van der Waals surface area contributed by atoms with Crippen molar-refractivity contribution in [1.29, 1.82) is 0 Å². The highest BCUT2D eigenvalue weighted by molar-refractivity contribution is 7.89. The van der Waals surface area contributed by atoms with Crippen molar-refractivity contribution in [3.8, 4) is 22.7 Å². The van der Waals surface area contributed by atoms with Crippen molar-refractivity contribution >= 4 is 33.7 Å². The average molecular weight is 552 g/mol. The zero-order chi connectivity index (χ0) is 27.0. The average Bonchev–Trinajstić information content (AvgIpc) is 3.36. The largest absolute Gasteiger partial charge is 0.494 e. The Morgan fingerprint density at radius 1 is 1.05 bits per heavy atom. The van der Waals surface area contributed by atoms with E-state index in [9.17, 15) is 13.2 Å². The zero-order valence-corrected chi connectivity index (χ0v) is 22.1. The fourth-order valence-electron chi connectivity index (χ4n) is 3.42. The molecule has 0 saturated carbocycles. The lowest BCUT2D eigenvalue weighted by atomic mass is 10.1. The molecular weight excluding hydrogens is 526 g/mol. The van der Waals surface area contributed by atoms with E-state index in [0.29, 0.717) is 22.9 Å². The Bertz CT molecular complexity index is 1500. The summed E-state index contributed by atoms with van der Waals surface area (Å²) in [6.45, 7) is 2.19. The van der Waals surface area contributed by atoms with Crippen molar-refractivity contribution in [2.24, 2.45) is 5.10 Å². The van der Waals surface area contributed by atoms with Crippen LogP contribution in [0.1, 0.15) is 18.9 Å². The summed E-state index contributed by atoms with van der Waals surface area (Å²) in [7, 11) is -3.87. The van der Waals surface area contributed by atoms with Gasteiger partial charge in [-0.05, 0) is 67.1 Å². The molecule has 0 aliphatic carbocycles. The molecule has 1 amide bonds. The van der Waals surface area contributed by atoms with E-state index in [4.69, 9.17) is 21.4 Å². The fourth-order valence-corrected chi connectivity index (χ4v) is 4.53. The smallest absolute Gasteiger partial charge is 0.255 e. The van der Waals surface area contributed by atoms with E-state index in [0.717, 1.165) is 23.4 Å². The van der Waals surface area contributed by atoms with Gasteiger partial charge < -0.3 is 4.74 Å². The number of hydrogen-bond acceptors (Lipinski definition) is 6. The van der Waals surface area contributed by atoms with Crippen molar-refractivity contribution in [2.75, 3.05) is 13.2 Å². The molecule has 9 nitrogen and oxygen atoms in total. The maximum absolute atomic E-state index is 12.4. The first-order chi connectivity index (χ1) is 18.4. The van der Waals surface area contributed by atoms with Gasteiger partial charge in [0.15, 0.2) is 0 Å². The molecule has 0 unspecified atom stereocenters. The van der Waals surface area contributed by atoms with Crippen molar-refractivity contribution < 1.29 is 17.9 Å². The van der Waals surface area contributed by atoms with E-state index in [1.54, 1.807) is 10.9 Å². The summed E-state index contributed by atoms with van der Waals surface area (Å²) in [5, 5.41) is 9.15. The Labute approximate surface area is 226 Å². The van der Waals surface area contributed by atoms with Crippen LogP contribution in [0.5, 0.6) is 5.75 Å². The molecule has 1 aromatic heterocycles. The fraction of sp³-hybridized carbons (Fsp3) is 0.148. The molecule has 0 atom stereocenters. The van der Waals surface area contributed by atoms with Crippen LogP contribution in [0.3, 0.4) is 0 Å². The van der Waals surface area contributed by atoms with Crippen LogP contribution in [-0.4, -0.2) is 43.5 Å². The number of sulfonamides is 1. The number of halogens is 1. The van der Waals surface area contributed by atoms with Gasteiger partial charge in [0.05, 0.1) is 29.9 Å². The highest BCUT2D eigenvalue weighted by Crippen LogP contribution is 2.25. The third-order valence-corrected chi connectivity index (χ3v) is 6.97. The Morgan fingerprint density at radius 3 is 2.45 bits per heavy atom. The van der Waals surface area contributed by atoms with Gasteiger partial charge in [-0.1, -0.05) is 36.7 Å². The van der Waals surface area contributed by atoms with Crippen molar-refractivity contribution in [3.63, 3.8) is 0 Å². The topological polar surface area (TPSA) is 115 Å². The molecular formula is C27H26ClN5O4S. The molecule has 4 aromatic rings. The van der Waals surface area contributed by atoms with Crippen LogP contribution in [0.4, 0.5) is 0 Å². The molecule has 38 heavy (non-hydrogen) atoms. The van der Waals surface area contributed by atoms with Gasteiger partial charge in [-0.25, -0.2) is 23.2 Å². The lowest BCUT2D eigenvalue weighted by Gasteiger charge is -2.06. The number of benzene rings is 3. The summed E-state index contributed by atoms with van der Waals surface area (Å²) in [5.41, 5.74) is 5.35. The van der Waals surface area contributed by atoms with Crippen molar-refractivity contribution in [3.05, 3.63) is 95.6 Å². The van der Waals surface area contributed by atoms with Crippen LogP contribution >= 0.6 is 11.6 Å². The number of nitrogens with one attached hydrogen (secondary N) is 2. The highest BCUT2D eigenvalue weighted by atomic mass is 35.5. The minimum absolute atomic E-state index is 0.00211. The molecule has 0 spiro atoms. The molecule has 0 saturated heterocycles. The molecule has 0 aliphatic heterocycles. The highest BCUT2D eigenvalue weighted by Gasteiger charge is 2.15. The zero-order valence-electron chi connectivity index (χ0n) is 20.5. The molecule has 3 aromatic carbocycles. The molecule has 196 valence electrons. The number of aromatic nitrogens is 2. The second-order valence-electron chi connectivity index (χ2n) is 8.16. The summed E-state index contributed by atoms with van der Waals surface area (Å²) in [6.07, 6.45) is 4.18. The minimum Gasteiger partial charge on any atom is -0.494 e. The minimum atomic E-state index is -3.87. The number of carbonyl (C=O) groups is 1. The van der Waals surface area contributed by atoms with Crippen LogP contribution in [-0.2, 0) is 14.8 Å². The molecule has 0 fully saturated rings. The Morgan fingerprint density at radius 2 is 1.76 bits per heavy atom. The van der Waals surface area contributed by atoms with Crippen LogP contribution in [0.2, 0.25) is 5.02 Å². The molecule has 4 rings (SSSR count). The van der Waals surface area contributed by atoms with Gasteiger partial charge in [0, 0.05) is 22.3 Å². The number of rotatable bonds is 11. The normalized spacial score (nSPS) is 11.5. The standard InChI is InChI=1S/C27H26ClN5O4S/c1-2-16-37-24-12-8-20(9-13-24)27-21(19-33(32-27)23-6-4-3-5-7-23)17-29-31-26(34)18-30-38(35,36)25-14-10-22(28)11-15-25/h3-15,17,19,30H,2,16,18H2,1H3,(H,31,34). The second kappa shape index (κ2) is 12.5. The maximum Gasteiger partial charge on any atom is 0.255 e. The summed E-state index contributed by atoms with van der Waals surface area (Å²) >= 11 is 5.80. The number of ether oxygens (including phenoxy) is 1. The van der Waals surface area contributed by atoms with E-state index >= 15 is 0 Å². The first kappa shape index (κ1) is 27.1. The molecule has 11 heteroatoms. The number of hydrazone groups is 1. The SMILES string of the molecule is CCCOc1ccc(-c2nn(-c3ccccc3)cc2C=NNC(=O)CNS(=O)(=O)c2ccc(Cl)cc2)cc1. The van der Waals surface area contributed by atoms with Gasteiger partial charge >= 0.3 is 0 Å². The number of hydrogen-bond donors (Lipinski definition) is 2. The van der Waals surface area contributed by atoms with Crippen molar-refractivity contribution in [1.82, 2.24) is 19.9 Å². The third kappa shape index (κ3) is 7.06. The van der Waals surface area contributed by atoms with E-state index in [1.165, 1.54) is 30.5 Å². The lowest BCUT2D eigenvalue weighted by Crippen LogP contribution is -2.34. The monoisotopic (exact) mass is 551 g/mol. The van der Waals surface area contributed by atoms with Crippen LogP contribution in [0.25, 0.3) is 16.9 Å². The third-order valence-electron chi connectivity index (χ3n) is 5.30. The van der Waals surface area contributed by atoms with Gasteiger partial charge in [-0.3, -0.25) is 4.79 Å². The van der Waals surface area contributed by atoms with Gasteiger partial charge in [0.1, 0.15) is 11.4 Å². The molecule has 2 N–H and O–H groups in total. The molecule has 0 aliphatic rings. The van der Waals surface area contributed by atoms with Crippen molar-refractivity contribution in [2.45, 2.75) is 18.2 Å². The summed E-state index contributed by atoms with van der Waals surface area (Å²) in [4.78, 5) is 12.3. The molecule has 0 radical (unpaired) electrons. The number of para-hydroxylation sites is 1. The van der Waals surface area contributed by atoms with Crippen LogP contribution < -0.4 is 14.9 Å². The van der Waals surface area contributed by atoms with E-state index < -0.39 is 22.5 Å². The van der Waals surface area contributed by atoms with E-state index in [2.05, 4.69) is 15.2 Å². The molecule has 1 heterocycles. The van der Waals surface area contributed by atoms with Gasteiger partial charge in [-0.15, -0.1) is 0 Å². The number of carbonyl (C=O) groups excluding carboxylic acids is 1. The summed E-state index contributed by atoms with van der Waals surface area (Å²) in [5.74, 6) is 0.134. The van der Waals surface area contributed by atoms with Crippen LogP contribution in [0.15, 0.2) is 95.1 Å². The number of amides is 1. The predicted octanol–water partition coefficient (Wildman–Crippen LogP) is 4.41. The van der Waals surface area contributed by atoms with Crippen LogP contribution in [0, 0.1) is 0 Å². The van der Waals surface area contributed by atoms with Gasteiger partial charge in [-0.2, -0.15) is 10.2 Å². The predicted molar refractivity (Wildman–Crippen MR) is 147 cm³/mol. The van der Waals surface area contributed by atoms with Gasteiger partial charge in [0.2, 0.25) is 10.0 Å². The van der Waals surface area contributed by atoms with E-state index in [1.807, 2.05) is 61.5 Å². The Kier molecular flexibility index (Phi) is 8.90. The number of nitrogens with zero attached hydrogens (tertiary/aromatic N) is 3. The second-order valence-corrected chi connectivity index (χ2v) is 10.4.